The molecule has 7 nitrogen and oxygen atoms in total. The average molecular weight is 264 g/mol. The van der Waals surface area contributed by atoms with Crippen LogP contribution in [0.25, 0.3) is 11.2 Å². The highest BCUT2D eigenvalue weighted by Crippen LogP contribution is 2.21. The smallest absolute Gasteiger partial charge is 0.240 e. The summed E-state index contributed by atoms with van der Waals surface area (Å²) in [5, 5.41) is 7.19. The van der Waals surface area contributed by atoms with E-state index in [1.807, 2.05) is 14.0 Å². The Balaban J connectivity index is 2.43. The van der Waals surface area contributed by atoms with Crippen LogP contribution in [0.15, 0.2) is 0 Å². The average Bonchev–Trinajstić information content (AvgIpc) is 2.81. The van der Waals surface area contributed by atoms with Crippen molar-refractivity contribution < 1.29 is 4.79 Å². The second-order valence-electron chi connectivity index (χ2n) is 4.50. The maximum absolute atomic E-state index is 11.7. The monoisotopic (exact) mass is 264 g/mol. The van der Waals surface area contributed by atoms with E-state index in [1.54, 1.807) is 9.25 Å². The van der Waals surface area contributed by atoms with E-state index < -0.39 is 0 Å². The van der Waals surface area contributed by atoms with Crippen molar-refractivity contribution in [2.75, 3.05) is 12.3 Å². The lowest BCUT2D eigenvalue weighted by Gasteiger charge is -2.06. The molecule has 0 saturated heterocycles. The van der Waals surface area contributed by atoms with E-state index in [-0.39, 0.29) is 12.5 Å². The zero-order chi connectivity index (χ0) is 14.0. The van der Waals surface area contributed by atoms with Crippen LogP contribution in [0.4, 0.5) is 5.95 Å². The number of carbonyl (C=O) groups is 1. The van der Waals surface area contributed by atoms with Gasteiger partial charge in [0.05, 0.1) is 5.69 Å². The first-order valence-corrected chi connectivity index (χ1v) is 6.52. The van der Waals surface area contributed by atoms with Gasteiger partial charge in [-0.2, -0.15) is 5.10 Å². The van der Waals surface area contributed by atoms with Gasteiger partial charge >= 0.3 is 0 Å². The summed E-state index contributed by atoms with van der Waals surface area (Å²) in [5.74, 6) is 0.276. The minimum Gasteiger partial charge on any atom is -0.369 e. The molecular weight excluding hydrogens is 244 g/mol. The number of aromatic nitrogens is 4. The third-order valence-electron chi connectivity index (χ3n) is 2.98. The van der Waals surface area contributed by atoms with Crippen molar-refractivity contribution >= 4 is 23.0 Å². The lowest BCUT2D eigenvalue weighted by molar-refractivity contribution is -0.121. The first kappa shape index (κ1) is 13.4. The maximum Gasteiger partial charge on any atom is 0.240 e. The minimum absolute atomic E-state index is 0.0771. The highest BCUT2D eigenvalue weighted by atomic mass is 16.1. The summed E-state index contributed by atoms with van der Waals surface area (Å²) >= 11 is 0. The third-order valence-corrected chi connectivity index (χ3v) is 2.98. The number of rotatable bonds is 5. The van der Waals surface area contributed by atoms with Gasteiger partial charge in [-0.3, -0.25) is 14.0 Å². The fraction of sp³-hybridized carbons (Fsp3) is 0.583. The number of hydrogen-bond donors (Lipinski definition) is 2. The third kappa shape index (κ3) is 2.40. The summed E-state index contributed by atoms with van der Waals surface area (Å²) in [6.07, 6.45) is 1.85. The molecule has 0 aliphatic carbocycles. The van der Waals surface area contributed by atoms with Gasteiger partial charge in [0.2, 0.25) is 11.9 Å². The van der Waals surface area contributed by atoms with Gasteiger partial charge in [0.1, 0.15) is 12.1 Å². The number of hydrogen-bond acceptors (Lipinski definition) is 4. The van der Waals surface area contributed by atoms with Crippen molar-refractivity contribution in [2.45, 2.75) is 33.2 Å². The van der Waals surface area contributed by atoms with Gasteiger partial charge in [-0.25, -0.2) is 4.98 Å². The van der Waals surface area contributed by atoms with Crippen molar-refractivity contribution in [3.8, 4) is 0 Å². The first-order valence-electron chi connectivity index (χ1n) is 6.52. The number of anilines is 1. The van der Waals surface area contributed by atoms with Gasteiger partial charge in [-0.05, 0) is 13.3 Å². The fourth-order valence-corrected chi connectivity index (χ4v) is 2.22. The summed E-state index contributed by atoms with van der Waals surface area (Å²) in [4.78, 5) is 16.0. The van der Waals surface area contributed by atoms with Gasteiger partial charge in [0.15, 0.2) is 5.65 Å². The van der Waals surface area contributed by atoms with Gasteiger partial charge < -0.3 is 11.1 Å². The summed E-state index contributed by atoms with van der Waals surface area (Å²) in [6, 6.07) is 0. The molecule has 104 valence electrons. The summed E-state index contributed by atoms with van der Waals surface area (Å²) in [6.45, 7) is 4.74. The van der Waals surface area contributed by atoms with Crippen LogP contribution >= 0.6 is 0 Å². The molecule has 2 heterocycles. The number of amides is 1. The Morgan fingerprint density at radius 1 is 1.42 bits per heavy atom. The fourth-order valence-electron chi connectivity index (χ4n) is 2.22. The molecular formula is C12H20N6O. The number of aryl methyl sites for hydroxylation is 2. The predicted molar refractivity (Wildman–Crippen MR) is 73.6 cm³/mol. The SMILES string of the molecule is CCCc1nn(C)c2c1nc(N)n2CC(=O)NCC. The summed E-state index contributed by atoms with van der Waals surface area (Å²) in [5.41, 5.74) is 8.43. The highest BCUT2D eigenvalue weighted by Gasteiger charge is 2.18. The lowest BCUT2D eigenvalue weighted by Crippen LogP contribution is -2.28. The number of nitrogens with two attached hydrogens (primary N) is 1. The molecule has 0 bridgehead atoms. The Bertz CT molecular complexity index is 597. The molecule has 3 N–H and O–H groups in total. The Hall–Kier alpha value is -2.05. The van der Waals surface area contributed by atoms with Crippen LogP contribution in [0.1, 0.15) is 26.0 Å². The topological polar surface area (TPSA) is 90.8 Å². The van der Waals surface area contributed by atoms with Crippen LogP contribution in [0, 0.1) is 0 Å². The molecule has 0 aromatic carbocycles. The molecule has 0 aliphatic heterocycles. The first-order chi connectivity index (χ1) is 9.08. The number of likely N-dealkylation sites (N-methyl/N-ethyl adjacent to an activating group) is 1. The van der Waals surface area contributed by atoms with Crippen molar-refractivity contribution in [3.05, 3.63) is 5.69 Å². The number of nitrogens with zero attached hydrogens (tertiary/aromatic N) is 4. The minimum atomic E-state index is -0.0771. The lowest BCUT2D eigenvalue weighted by atomic mass is 10.2. The molecule has 2 aromatic rings. The summed E-state index contributed by atoms with van der Waals surface area (Å²) in [7, 11) is 1.84. The number of carbonyl (C=O) groups excluding carboxylic acids is 1. The van der Waals surface area contributed by atoms with Crippen molar-refractivity contribution in [1.29, 1.82) is 0 Å². The molecule has 2 aromatic heterocycles. The van der Waals surface area contributed by atoms with E-state index in [0.29, 0.717) is 12.5 Å². The van der Waals surface area contributed by atoms with Crippen LogP contribution in [0.2, 0.25) is 0 Å². The normalized spacial score (nSPS) is 11.1. The van der Waals surface area contributed by atoms with Crippen LogP contribution in [-0.4, -0.2) is 31.8 Å². The van der Waals surface area contributed by atoms with Gasteiger partial charge in [0.25, 0.3) is 0 Å². The van der Waals surface area contributed by atoms with Gasteiger partial charge in [0, 0.05) is 13.6 Å². The van der Waals surface area contributed by atoms with Crippen LogP contribution < -0.4 is 11.1 Å². The van der Waals surface area contributed by atoms with Crippen molar-refractivity contribution in [3.63, 3.8) is 0 Å². The molecule has 1 amide bonds. The molecule has 0 radical (unpaired) electrons. The molecule has 0 unspecified atom stereocenters. The Labute approximate surface area is 111 Å². The van der Waals surface area contributed by atoms with E-state index in [4.69, 9.17) is 5.73 Å². The van der Waals surface area contributed by atoms with Crippen LogP contribution in [-0.2, 0) is 24.8 Å². The Morgan fingerprint density at radius 3 is 2.79 bits per heavy atom. The Morgan fingerprint density at radius 2 is 2.16 bits per heavy atom. The standard InChI is InChI=1S/C12H20N6O/c1-4-6-8-10-11(17(3)16-8)18(12(13)15-10)7-9(19)14-5-2/h4-7H2,1-3H3,(H2,13,15)(H,14,19). The van der Waals surface area contributed by atoms with E-state index >= 15 is 0 Å². The van der Waals surface area contributed by atoms with E-state index in [0.717, 1.165) is 29.7 Å². The van der Waals surface area contributed by atoms with E-state index in [9.17, 15) is 4.79 Å². The Kier molecular flexibility index (Phi) is 3.73. The maximum atomic E-state index is 11.7. The molecule has 0 spiro atoms. The number of nitrogens with one attached hydrogen (secondary N) is 1. The van der Waals surface area contributed by atoms with E-state index in [2.05, 4.69) is 22.3 Å². The summed E-state index contributed by atoms with van der Waals surface area (Å²) < 4.78 is 3.44. The number of fused-ring (bicyclic) bond motifs is 1. The molecule has 2 rings (SSSR count). The zero-order valence-electron chi connectivity index (χ0n) is 11.6. The second-order valence-corrected chi connectivity index (χ2v) is 4.50. The number of nitrogen functional groups attached to an aromatic ring is 1. The van der Waals surface area contributed by atoms with Gasteiger partial charge in [-0.15, -0.1) is 0 Å². The zero-order valence-corrected chi connectivity index (χ0v) is 11.6. The van der Waals surface area contributed by atoms with Gasteiger partial charge in [-0.1, -0.05) is 13.3 Å². The molecule has 7 heteroatoms. The predicted octanol–water partition coefficient (Wildman–Crippen LogP) is 0.441. The molecule has 0 saturated carbocycles. The quantitative estimate of drug-likeness (QED) is 0.820. The van der Waals surface area contributed by atoms with Crippen molar-refractivity contribution in [2.24, 2.45) is 7.05 Å². The second kappa shape index (κ2) is 5.29. The van der Waals surface area contributed by atoms with E-state index in [1.165, 1.54) is 0 Å². The van der Waals surface area contributed by atoms with Crippen LogP contribution in [0.3, 0.4) is 0 Å². The number of imidazole rings is 1. The largest absolute Gasteiger partial charge is 0.369 e. The molecule has 0 aliphatic rings. The highest BCUT2D eigenvalue weighted by molar-refractivity contribution is 5.82. The van der Waals surface area contributed by atoms with Crippen molar-refractivity contribution in [1.82, 2.24) is 24.6 Å². The molecule has 0 atom stereocenters. The molecule has 0 fully saturated rings. The van der Waals surface area contributed by atoms with Crippen LogP contribution in [0.5, 0.6) is 0 Å². The molecule has 19 heavy (non-hydrogen) atoms.